The number of carbonyl (C=O) groups excluding carboxylic acids is 2. The van der Waals surface area contributed by atoms with Gasteiger partial charge in [-0.3, -0.25) is 9.59 Å². The van der Waals surface area contributed by atoms with Gasteiger partial charge in [0.1, 0.15) is 5.82 Å². The quantitative estimate of drug-likeness (QED) is 0.911. The van der Waals surface area contributed by atoms with Crippen molar-refractivity contribution >= 4 is 11.8 Å². The molecule has 3 rings (SSSR count). The Kier molecular flexibility index (Phi) is 4.52. The van der Waals surface area contributed by atoms with Crippen molar-refractivity contribution in [2.75, 3.05) is 6.54 Å². The summed E-state index contributed by atoms with van der Waals surface area (Å²) in [5.41, 5.74) is 6.80. The second-order valence-electron chi connectivity index (χ2n) is 6.39. The second kappa shape index (κ2) is 6.62. The van der Waals surface area contributed by atoms with Gasteiger partial charge in [0, 0.05) is 12.6 Å². The van der Waals surface area contributed by atoms with Crippen LogP contribution in [0.2, 0.25) is 0 Å². The highest BCUT2D eigenvalue weighted by molar-refractivity contribution is 5.94. The van der Waals surface area contributed by atoms with Gasteiger partial charge in [-0.25, -0.2) is 9.07 Å². The summed E-state index contributed by atoms with van der Waals surface area (Å²) in [6.45, 7) is 3.96. The van der Waals surface area contributed by atoms with E-state index in [1.54, 1.807) is 24.0 Å². The van der Waals surface area contributed by atoms with E-state index in [1.807, 2.05) is 6.92 Å². The van der Waals surface area contributed by atoms with Crippen LogP contribution < -0.4 is 5.73 Å². The van der Waals surface area contributed by atoms with Crippen LogP contribution in [0, 0.1) is 18.7 Å². The summed E-state index contributed by atoms with van der Waals surface area (Å²) >= 11 is 0. The lowest BCUT2D eigenvalue weighted by Gasteiger charge is -2.36. The number of rotatable bonds is 3. The molecule has 2 atom stereocenters. The van der Waals surface area contributed by atoms with Gasteiger partial charge >= 0.3 is 0 Å². The van der Waals surface area contributed by atoms with E-state index in [-0.39, 0.29) is 35.9 Å². The van der Waals surface area contributed by atoms with E-state index in [0.717, 1.165) is 0 Å². The zero-order valence-electron chi connectivity index (χ0n) is 14.1. The summed E-state index contributed by atoms with van der Waals surface area (Å²) in [4.78, 5) is 26.0. The summed E-state index contributed by atoms with van der Waals surface area (Å²) in [6, 6.07) is 5.78. The molecular formula is C17H20FN5O2. The molecule has 0 radical (unpaired) electrons. The molecule has 1 aromatic carbocycles. The van der Waals surface area contributed by atoms with Gasteiger partial charge in [0.25, 0.3) is 5.91 Å². The van der Waals surface area contributed by atoms with Gasteiger partial charge in [0.05, 0.1) is 17.3 Å². The number of amides is 2. The lowest BCUT2D eigenvalue weighted by molar-refractivity contribution is -0.123. The standard InChI is InChI=1S/C17H20FN5O2/c1-10-3-4-12(16(19)24)9-22(10)17(25)15-11(2)23(21-20-15)14-7-5-13(18)6-8-14/h5-8,10,12H,3-4,9H2,1-2H3,(H2,19,24)/t10-,12+/m0/s1. The fourth-order valence-electron chi connectivity index (χ4n) is 3.11. The number of carbonyl (C=O) groups is 2. The molecule has 8 heteroatoms. The number of nitrogens with two attached hydrogens (primary N) is 1. The Morgan fingerprint density at radius 1 is 1.24 bits per heavy atom. The minimum Gasteiger partial charge on any atom is -0.369 e. The van der Waals surface area contributed by atoms with Crippen LogP contribution in [0.25, 0.3) is 5.69 Å². The number of nitrogens with zero attached hydrogens (tertiary/aromatic N) is 4. The van der Waals surface area contributed by atoms with Gasteiger partial charge in [0.2, 0.25) is 5.91 Å². The molecule has 1 aliphatic heterocycles. The number of likely N-dealkylation sites (tertiary alicyclic amines) is 1. The van der Waals surface area contributed by atoms with Crippen molar-refractivity contribution in [1.29, 1.82) is 0 Å². The van der Waals surface area contributed by atoms with E-state index in [2.05, 4.69) is 10.3 Å². The fraction of sp³-hybridized carbons (Fsp3) is 0.412. The van der Waals surface area contributed by atoms with Crippen molar-refractivity contribution in [3.05, 3.63) is 41.5 Å². The van der Waals surface area contributed by atoms with E-state index in [0.29, 0.717) is 24.2 Å². The molecule has 0 spiro atoms. The Labute approximate surface area is 144 Å². The monoisotopic (exact) mass is 345 g/mol. The van der Waals surface area contributed by atoms with Crippen molar-refractivity contribution in [2.24, 2.45) is 11.7 Å². The number of halogens is 1. The zero-order chi connectivity index (χ0) is 18.1. The van der Waals surface area contributed by atoms with Gasteiger partial charge in [-0.15, -0.1) is 5.10 Å². The number of hydrogen-bond donors (Lipinski definition) is 1. The number of aromatic nitrogens is 3. The first-order valence-corrected chi connectivity index (χ1v) is 8.17. The van der Waals surface area contributed by atoms with Crippen molar-refractivity contribution in [3.63, 3.8) is 0 Å². The average Bonchev–Trinajstić information content (AvgIpc) is 2.97. The van der Waals surface area contributed by atoms with Gasteiger partial charge < -0.3 is 10.6 Å². The highest BCUT2D eigenvalue weighted by Crippen LogP contribution is 2.24. The Bertz CT molecular complexity index is 802. The molecular weight excluding hydrogens is 325 g/mol. The SMILES string of the molecule is Cc1c(C(=O)N2C[C@H](C(N)=O)CC[C@@H]2C)nnn1-c1ccc(F)cc1. The molecule has 1 aromatic heterocycles. The van der Waals surface area contributed by atoms with E-state index >= 15 is 0 Å². The van der Waals surface area contributed by atoms with Crippen LogP contribution in [0.3, 0.4) is 0 Å². The van der Waals surface area contributed by atoms with Crippen LogP contribution in [-0.2, 0) is 4.79 Å². The van der Waals surface area contributed by atoms with Crippen molar-refractivity contribution in [3.8, 4) is 5.69 Å². The number of hydrogen-bond acceptors (Lipinski definition) is 4. The Morgan fingerprint density at radius 3 is 2.56 bits per heavy atom. The summed E-state index contributed by atoms with van der Waals surface area (Å²) in [5.74, 6) is -1.36. The van der Waals surface area contributed by atoms with E-state index in [9.17, 15) is 14.0 Å². The largest absolute Gasteiger partial charge is 0.369 e. The smallest absolute Gasteiger partial charge is 0.276 e. The Balaban J connectivity index is 1.87. The molecule has 0 saturated carbocycles. The highest BCUT2D eigenvalue weighted by Gasteiger charge is 2.34. The Hall–Kier alpha value is -2.77. The maximum Gasteiger partial charge on any atom is 0.276 e. The first-order valence-electron chi connectivity index (χ1n) is 8.17. The summed E-state index contributed by atoms with van der Waals surface area (Å²) in [7, 11) is 0. The average molecular weight is 345 g/mol. The third-order valence-corrected chi connectivity index (χ3v) is 4.71. The molecule has 132 valence electrons. The summed E-state index contributed by atoms with van der Waals surface area (Å²) in [6.07, 6.45) is 1.39. The maximum atomic E-state index is 13.1. The maximum absolute atomic E-state index is 13.1. The van der Waals surface area contributed by atoms with Crippen molar-refractivity contribution < 1.29 is 14.0 Å². The van der Waals surface area contributed by atoms with Crippen LogP contribution in [0.15, 0.2) is 24.3 Å². The van der Waals surface area contributed by atoms with Crippen molar-refractivity contribution in [1.82, 2.24) is 19.9 Å². The molecule has 2 N–H and O–H groups in total. The van der Waals surface area contributed by atoms with E-state index < -0.39 is 5.91 Å². The lowest BCUT2D eigenvalue weighted by atomic mass is 9.92. The van der Waals surface area contributed by atoms with Crippen LogP contribution in [-0.4, -0.2) is 44.3 Å². The summed E-state index contributed by atoms with van der Waals surface area (Å²) < 4.78 is 14.6. The zero-order valence-corrected chi connectivity index (χ0v) is 14.1. The molecule has 1 fully saturated rings. The molecule has 2 heterocycles. The number of benzene rings is 1. The van der Waals surface area contributed by atoms with Gasteiger partial charge in [-0.2, -0.15) is 0 Å². The normalized spacial score (nSPS) is 20.5. The Morgan fingerprint density at radius 2 is 1.92 bits per heavy atom. The molecule has 2 aromatic rings. The first-order chi connectivity index (χ1) is 11.9. The predicted molar refractivity (Wildman–Crippen MR) is 88.5 cm³/mol. The van der Waals surface area contributed by atoms with Gasteiger partial charge in [-0.05, 0) is 51.0 Å². The fourth-order valence-corrected chi connectivity index (χ4v) is 3.11. The molecule has 1 saturated heterocycles. The number of piperidine rings is 1. The topological polar surface area (TPSA) is 94.1 Å². The molecule has 0 bridgehead atoms. The summed E-state index contributed by atoms with van der Waals surface area (Å²) in [5, 5.41) is 8.02. The minimum atomic E-state index is -0.392. The minimum absolute atomic E-state index is 0.00142. The molecule has 2 amide bonds. The van der Waals surface area contributed by atoms with Crippen LogP contribution in [0.1, 0.15) is 35.9 Å². The second-order valence-corrected chi connectivity index (χ2v) is 6.39. The first kappa shape index (κ1) is 17.1. The lowest BCUT2D eigenvalue weighted by Crippen LogP contribution is -2.48. The molecule has 7 nitrogen and oxygen atoms in total. The third kappa shape index (κ3) is 3.24. The van der Waals surface area contributed by atoms with E-state index in [4.69, 9.17) is 5.73 Å². The van der Waals surface area contributed by atoms with E-state index in [1.165, 1.54) is 16.8 Å². The van der Waals surface area contributed by atoms with Gasteiger partial charge in [-0.1, -0.05) is 5.21 Å². The van der Waals surface area contributed by atoms with Crippen LogP contribution in [0.4, 0.5) is 4.39 Å². The van der Waals surface area contributed by atoms with Crippen LogP contribution in [0.5, 0.6) is 0 Å². The molecule has 1 aliphatic rings. The van der Waals surface area contributed by atoms with Crippen molar-refractivity contribution in [2.45, 2.75) is 32.7 Å². The predicted octanol–water partition coefficient (Wildman–Crippen LogP) is 1.44. The molecule has 0 unspecified atom stereocenters. The molecule has 25 heavy (non-hydrogen) atoms. The number of primary amides is 1. The van der Waals surface area contributed by atoms with Crippen LogP contribution >= 0.6 is 0 Å². The third-order valence-electron chi connectivity index (χ3n) is 4.71. The molecule has 0 aliphatic carbocycles. The van der Waals surface area contributed by atoms with Gasteiger partial charge in [0.15, 0.2) is 5.69 Å². The highest BCUT2D eigenvalue weighted by atomic mass is 19.1.